The van der Waals surface area contributed by atoms with Crippen molar-refractivity contribution in [2.24, 2.45) is 0 Å². The van der Waals surface area contributed by atoms with Crippen molar-refractivity contribution in [2.75, 3.05) is 11.5 Å². The van der Waals surface area contributed by atoms with Gasteiger partial charge in [-0.25, -0.2) is 13.6 Å². The normalized spacial score (nSPS) is 21.6. The maximum absolute atomic E-state index is 13.5. The number of rotatable bonds is 4. The van der Waals surface area contributed by atoms with Crippen LogP contribution >= 0.6 is 23.5 Å². The van der Waals surface area contributed by atoms with Gasteiger partial charge in [-0.05, 0) is 19.1 Å². The molecule has 1 fully saturated rings. The van der Waals surface area contributed by atoms with Crippen LogP contribution in [0.1, 0.15) is 6.92 Å². The van der Waals surface area contributed by atoms with Crippen LogP contribution in [0.15, 0.2) is 23.1 Å². The maximum Gasteiger partial charge on any atom is 0.327 e. The van der Waals surface area contributed by atoms with Gasteiger partial charge in [0, 0.05) is 16.7 Å². The molecule has 1 aromatic carbocycles. The van der Waals surface area contributed by atoms with Crippen LogP contribution in [0.4, 0.5) is 8.78 Å². The van der Waals surface area contributed by atoms with Crippen LogP contribution in [-0.2, 0) is 9.59 Å². The summed E-state index contributed by atoms with van der Waals surface area (Å²) in [6.07, 6.45) is 0. The SMILES string of the molecule is CC1SCC(C(=O)O)N1C(=O)CSc1ccc(F)cc1F. The summed E-state index contributed by atoms with van der Waals surface area (Å²) in [4.78, 5) is 24.7. The lowest BCUT2D eigenvalue weighted by Crippen LogP contribution is -2.45. The third-order valence-electron chi connectivity index (χ3n) is 3.04. The van der Waals surface area contributed by atoms with E-state index in [1.807, 2.05) is 0 Å². The largest absolute Gasteiger partial charge is 0.480 e. The van der Waals surface area contributed by atoms with Gasteiger partial charge in [-0.1, -0.05) is 0 Å². The highest BCUT2D eigenvalue weighted by atomic mass is 32.2. The molecular weight excluding hydrogens is 320 g/mol. The second-order valence-electron chi connectivity index (χ2n) is 4.45. The minimum atomic E-state index is -1.04. The number of carboxylic acids is 1. The molecule has 114 valence electrons. The molecule has 0 spiro atoms. The molecule has 0 aromatic heterocycles. The summed E-state index contributed by atoms with van der Waals surface area (Å²) in [5.41, 5.74) is 0. The van der Waals surface area contributed by atoms with Crippen LogP contribution in [0.25, 0.3) is 0 Å². The highest BCUT2D eigenvalue weighted by Gasteiger charge is 2.39. The number of halogens is 2. The zero-order valence-electron chi connectivity index (χ0n) is 11.1. The van der Waals surface area contributed by atoms with Crippen molar-refractivity contribution in [3.8, 4) is 0 Å². The van der Waals surface area contributed by atoms with Gasteiger partial charge >= 0.3 is 5.97 Å². The van der Waals surface area contributed by atoms with Crippen molar-refractivity contribution < 1.29 is 23.5 Å². The molecule has 0 radical (unpaired) electrons. The predicted molar refractivity (Wildman–Crippen MR) is 77.3 cm³/mol. The first-order valence-corrected chi connectivity index (χ1v) is 8.17. The molecule has 1 aromatic rings. The summed E-state index contributed by atoms with van der Waals surface area (Å²) in [6, 6.07) is 2.28. The molecular formula is C13H13F2NO3S2. The monoisotopic (exact) mass is 333 g/mol. The summed E-state index contributed by atoms with van der Waals surface area (Å²) in [5, 5.41) is 8.87. The quantitative estimate of drug-likeness (QED) is 0.858. The fourth-order valence-electron chi connectivity index (χ4n) is 2.02. The van der Waals surface area contributed by atoms with Crippen molar-refractivity contribution in [1.82, 2.24) is 4.90 Å². The molecule has 21 heavy (non-hydrogen) atoms. The maximum atomic E-state index is 13.5. The summed E-state index contributed by atoms with van der Waals surface area (Å²) in [6.45, 7) is 1.76. The molecule has 0 bridgehead atoms. The van der Waals surface area contributed by atoms with Crippen LogP contribution < -0.4 is 0 Å². The van der Waals surface area contributed by atoms with E-state index < -0.39 is 23.6 Å². The average Bonchev–Trinajstić information content (AvgIpc) is 2.79. The first-order valence-electron chi connectivity index (χ1n) is 6.13. The van der Waals surface area contributed by atoms with Gasteiger partial charge in [-0.3, -0.25) is 4.79 Å². The smallest absolute Gasteiger partial charge is 0.327 e. The number of carbonyl (C=O) groups is 2. The Bertz CT molecular complexity index is 570. The molecule has 1 aliphatic heterocycles. The summed E-state index contributed by atoms with van der Waals surface area (Å²) in [5.74, 6) is -2.56. The Labute approximate surface area is 128 Å². The van der Waals surface area contributed by atoms with Gasteiger partial charge in [-0.15, -0.1) is 23.5 Å². The Morgan fingerprint density at radius 1 is 1.48 bits per heavy atom. The van der Waals surface area contributed by atoms with Gasteiger partial charge in [0.25, 0.3) is 0 Å². The molecule has 1 N–H and O–H groups in total. The van der Waals surface area contributed by atoms with Gasteiger partial charge in [0.15, 0.2) is 0 Å². The summed E-state index contributed by atoms with van der Waals surface area (Å²) >= 11 is 2.32. The molecule has 8 heteroatoms. The van der Waals surface area contributed by atoms with Crippen molar-refractivity contribution in [2.45, 2.75) is 23.2 Å². The average molecular weight is 333 g/mol. The van der Waals surface area contributed by atoms with E-state index in [-0.39, 0.29) is 21.9 Å². The number of hydrogen-bond acceptors (Lipinski definition) is 4. The number of hydrogen-bond donors (Lipinski definition) is 1. The van der Waals surface area contributed by atoms with Gasteiger partial charge in [0.2, 0.25) is 5.91 Å². The zero-order valence-corrected chi connectivity index (χ0v) is 12.7. The number of amides is 1. The predicted octanol–water partition coefficient (Wildman–Crippen LogP) is 2.43. The van der Waals surface area contributed by atoms with E-state index in [0.29, 0.717) is 5.75 Å². The zero-order chi connectivity index (χ0) is 15.6. The summed E-state index contributed by atoms with van der Waals surface area (Å²) in [7, 11) is 0. The van der Waals surface area contributed by atoms with Gasteiger partial charge < -0.3 is 10.0 Å². The van der Waals surface area contributed by atoms with E-state index in [9.17, 15) is 18.4 Å². The van der Waals surface area contributed by atoms with E-state index >= 15 is 0 Å². The third-order valence-corrected chi connectivity index (χ3v) is 5.29. The Kier molecular flexibility index (Phi) is 5.10. The molecule has 1 aliphatic rings. The van der Waals surface area contributed by atoms with Gasteiger partial charge in [-0.2, -0.15) is 0 Å². The highest BCUT2D eigenvalue weighted by Crippen LogP contribution is 2.30. The topological polar surface area (TPSA) is 57.6 Å². The fraction of sp³-hybridized carbons (Fsp3) is 0.385. The molecule has 2 unspecified atom stereocenters. The Morgan fingerprint density at radius 3 is 2.81 bits per heavy atom. The Hall–Kier alpha value is -1.28. The van der Waals surface area contributed by atoms with E-state index in [1.165, 1.54) is 22.7 Å². The molecule has 1 amide bonds. The number of thioether (sulfide) groups is 2. The number of nitrogens with zero attached hydrogens (tertiary/aromatic N) is 1. The van der Waals surface area contributed by atoms with Crippen LogP contribution in [0.2, 0.25) is 0 Å². The van der Waals surface area contributed by atoms with E-state index in [4.69, 9.17) is 5.11 Å². The van der Waals surface area contributed by atoms with Crippen molar-refractivity contribution >= 4 is 35.4 Å². The molecule has 4 nitrogen and oxygen atoms in total. The first kappa shape index (κ1) is 16.1. The fourth-order valence-corrected chi connectivity index (χ4v) is 4.00. The molecule has 0 saturated carbocycles. The van der Waals surface area contributed by atoms with Crippen molar-refractivity contribution in [1.29, 1.82) is 0 Å². The van der Waals surface area contributed by atoms with Gasteiger partial charge in [0.1, 0.15) is 17.7 Å². The van der Waals surface area contributed by atoms with Crippen LogP contribution in [0.5, 0.6) is 0 Å². The number of aliphatic carboxylic acids is 1. The number of benzene rings is 1. The van der Waals surface area contributed by atoms with Crippen LogP contribution in [-0.4, -0.2) is 44.8 Å². The minimum Gasteiger partial charge on any atom is -0.480 e. The third kappa shape index (κ3) is 3.68. The summed E-state index contributed by atoms with van der Waals surface area (Å²) < 4.78 is 26.3. The minimum absolute atomic E-state index is 0.0861. The second-order valence-corrected chi connectivity index (χ2v) is 6.82. The van der Waals surface area contributed by atoms with Crippen molar-refractivity contribution in [3.05, 3.63) is 29.8 Å². The van der Waals surface area contributed by atoms with Gasteiger partial charge in [0.05, 0.1) is 11.1 Å². The second kappa shape index (κ2) is 6.65. The van der Waals surface area contributed by atoms with Crippen LogP contribution in [0, 0.1) is 11.6 Å². The number of carbonyl (C=O) groups excluding carboxylic acids is 1. The van der Waals surface area contributed by atoms with Crippen molar-refractivity contribution in [3.63, 3.8) is 0 Å². The van der Waals surface area contributed by atoms with E-state index in [2.05, 4.69) is 0 Å². The lowest BCUT2D eigenvalue weighted by molar-refractivity contribution is -0.147. The van der Waals surface area contributed by atoms with Crippen LogP contribution in [0.3, 0.4) is 0 Å². The molecule has 1 heterocycles. The van der Waals surface area contributed by atoms with E-state index in [1.54, 1.807) is 6.92 Å². The number of carboxylic acid groups (broad SMARTS) is 1. The lowest BCUT2D eigenvalue weighted by Gasteiger charge is -2.24. The standard InChI is InChI=1S/C13H13F2NO3S2/c1-7-16(10(5-20-7)13(18)19)12(17)6-21-11-3-2-8(14)4-9(11)15/h2-4,7,10H,5-6H2,1H3,(H,18,19). The highest BCUT2D eigenvalue weighted by molar-refractivity contribution is 8.00. The van der Waals surface area contributed by atoms with E-state index in [0.717, 1.165) is 23.9 Å². The molecule has 0 aliphatic carbocycles. The lowest BCUT2D eigenvalue weighted by atomic mass is 10.3. The Morgan fingerprint density at radius 2 is 2.19 bits per heavy atom. The first-order chi connectivity index (χ1) is 9.90. The molecule has 2 atom stereocenters. The Balaban J connectivity index is 2.02. The molecule has 2 rings (SSSR count). The molecule has 1 saturated heterocycles.